The van der Waals surface area contributed by atoms with Crippen molar-refractivity contribution in [2.75, 3.05) is 0 Å². The van der Waals surface area contributed by atoms with E-state index >= 15 is 0 Å². The van der Waals surface area contributed by atoms with Crippen LogP contribution in [0.15, 0.2) is 42.6 Å². The van der Waals surface area contributed by atoms with Crippen LogP contribution in [-0.4, -0.2) is 39.7 Å². The van der Waals surface area contributed by atoms with Crippen LogP contribution in [-0.2, 0) is 14.3 Å². The van der Waals surface area contributed by atoms with Gasteiger partial charge >= 0.3 is 5.97 Å². The van der Waals surface area contributed by atoms with Crippen molar-refractivity contribution in [1.82, 2.24) is 9.88 Å². The molecule has 1 spiro atoms. The third kappa shape index (κ3) is 2.98. The molecule has 5 rings (SSSR count). The van der Waals surface area contributed by atoms with Crippen LogP contribution in [0.1, 0.15) is 47.8 Å². The van der Waals surface area contributed by atoms with Crippen LogP contribution < -0.4 is 0 Å². The summed E-state index contributed by atoms with van der Waals surface area (Å²) in [5.41, 5.74) is -0.387. The van der Waals surface area contributed by atoms with E-state index in [2.05, 4.69) is 4.98 Å². The lowest BCUT2D eigenvalue weighted by Crippen LogP contribution is -2.55. The van der Waals surface area contributed by atoms with Gasteiger partial charge in [-0.3, -0.25) is 4.79 Å². The average Bonchev–Trinajstić information content (AvgIpc) is 3.20. The Morgan fingerprint density at radius 2 is 1.93 bits per heavy atom. The van der Waals surface area contributed by atoms with Crippen LogP contribution in [0, 0.1) is 11.6 Å². The molecule has 1 saturated carbocycles. The molecule has 29 heavy (non-hydrogen) atoms. The van der Waals surface area contributed by atoms with Gasteiger partial charge in [0.25, 0.3) is 5.91 Å². The smallest absolute Gasteiger partial charge is 0.357 e. The van der Waals surface area contributed by atoms with E-state index in [1.165, 1.54) is 18.3 Å². The Balaban J connectivity index is 1.28. The number of ether oxygens (including phenoxy) is 2. The van der Waals surface area contributed by atoms with Gasteiger partial charge in [-0.25, -0.2) is 18.6 Å². The number of esters is 1. The fraction of sp³-hybridized carbons (Fsp3) is 0.381. The molecular weight excluding hydrogens is 382 g/mol. The zero-order valence-corrected chi connectivity index (χ0v) is 15.4. The minimum atomic E-state index is -1.02. The predicted molar refractivity (Wildman–Crippen MR) is 95.5 cm³/mol. The van der Waals surface area contributed by atoms with E-state index < -0.39 is 41.6 Å². The van der Waals surface area contributed by atoms with Gasteiger partial charge in [-0.15, -0.1) is 0 Å². The third-order valence-electron chi connectivity index (χ3n) is 5.85. The molecule has 3 aliphatic rings. The molecule has 1 aromatic carbocycles. The van der Waals surface area contributed by atoms with Crippen LogP contribution in [0.5, 0.6) is 0 Å². The average molecular weight is 400 g/mol. The summed E-state index contributed by atoms with van der Waals surface area (Å²) in [4.78, 5) is 30.8. The highest BCUT2D eigenvalue weighted by molar-refractivity contribution is 5.90. The summed E-state index contributed by atoms with van der Waals surface area (Å²) in [5, 5.41) is 0. The zero-order chi connectivity index (χ0) is 20.2. The number of benzene rings is 1. The van der Waals surface area contributed by atoms with Gasteiger partial charge in [0.1, 0.15) is 29.7 Å². The Morgan fingerprint density at radius 3 is 2.62 bits per heavy atom. The minimum Gasteiger partial charge on any atom is -0.457 e. The number of fused-ring (bicyclic) bond motifs is 1. The van der Waals surface area contributed by atoms with Crippen LogP contribution >= 0.6 is 0 Å². The second kappa shape index (κ2) is 6.59. The summed E-state index contributed by atoms with van der Waals surface area (Å²) >= 11 is 0. The summed E-state index contributed by atoms with van der Waals surface area (Å²) in [6.07, 6.45) is 2.35. The van der Waals surface area contributed by atoms with Gasteiger partial charge in [0.05, 0.1) is 6.04 Å². The second-order valence-electron chi connectivity index (χ2n) is 7.73. The molecule has 1 aliphatic carbocycles. The van der Waals surface area contributed by atoms with Gasteiger partial charge in [-0.1, -0.05) is 6.07 Å². The Kier molecular flexibility index (Phi) is 4.13. The van der Waals surface area contributed by atoms with Crippen molar-refractivity contribution in [3.05, 3.63) is 65.5 Å². The van der Waals surface area contributed by atoms with Gasteiger partial charge in [0, 0.05) is 25.1 Å². The molecule has 6 nitrogen and oxygen atoms in total. The first-order valence-corrected chi connectivity index (χ1v) is 9.54. The highest BCUT2D eigenvalue weighted by Crippen LogP contribution is 2.52. The first-order valence-electron chi connectivity index (χ1n) is 9.54. The van der Waals surface area contributed by atoms with Crippen molar-refractivity contribution >= 4 is 11.9 Å². The van der Waals surface area contributed by atoms with Gasteiger partial charge in [-0.2, -0.15) is 0 Å². The molecule has 1 amide bonds. The number of amides is 1. The van der Waals surface area contributed by atoms with Crippen molar-refractivity contribution in [3.63, 3.8) is 0 Å². The van der Waals surface area contributed by atoms with Gasteiger partial charge in [-0.05, 0) is 42.7 Å². The van der Waals surface area contributed by atoms with E-state index in [0.717, 1.165) is 6.07 Å². The van der Waals surface area contributed by atoms with E-state index in [4.69, 9.17) is 9.47 Å². The molecule has 0 bridgehead atoms. The minimum absolute atomic E-state index is 0.209. The molecule has 0 unspecified atom stereocenters. The molecule has 2 aliphatic heterocycles. The predicted octanol–water partition coefficient (Wildman–Crippen LogP) is 3.14. The molecule has 150 valence electrons. The van der Waals surface area contributed by atoms with Gasteiger partial charge < -0.3 is 14.4 Å². The van der Waals surface area contributed by atoms with E-state index in [0.29, 0.717) is 18.4 Å². The third-order valence-corrected chi connectivity index (χ3v) is 5.85. The molecule has 2 aromatic rings. The molecule has 2 atom stereocenters. The fourth-order valence-electron chi connectivity index (χ4n) is 4.53. The Labute approximate surface area is 165 Å². The number of pyridine rings is 1. The molecule has 0 N–H and O–H groups in total. The summed E-state index contributed by atoms with van der Waals surface area (Å²) in [7, 11) is 0. The number of nitrogens with zero attached hydrogens (tertiary/aromatic N) is 2. The first-order chi connectivity index (χ1) is 13.9. The first kappa shape index (κ1) is 18.2. The Bertz CT molecular complexity index is 958. The normalized spacial score (nSPS) is 30.3. The van der Waals surface area contributed by atoms with Crippen LogP contribution in [0.4, 0.5) is 8.78 Å². The monoisotopic (exact) mass is 400 g/mol. The number of halogens is 2. The molecule has 8 heteroatoms. The number of carbonyl (C=O) groups excluding carboxylic acids is 2. The maximum Gasteiger partial charge on any atom is 0.357 e. The highest BCUT2D eigenvalue weighted by Gasteiger charge is 2.63. The van der Waals surface area contributed by atoms with Crippen molar-refractivity contribution in [2.24, 2.45) is 0 Å². The summed E-state index contributed by atoms with van der Waals surface area (Å²) in [5.74, 6) is -2.09. The lowest BCUT2D eigenvalue weighted by molar-refractivity contribution is -0.166. The van der Waals surface area contributed by atoms with Crippen molar-refractivity contribution in [1.29, 1.82) is 0 Å². The number of hydrogen-bond donors (Lipinski definition) is 0. The molecular formula is C21H18F2N2O4. The lowest BCUT2D eigenvalue weighted by Gasteiger charge is -2.41. The SMILES string of the molecule is O=C(OC1CC2(C1)O[C@@H]1CC[C@@H](c3cc(F)cc(F)c3)N1C2=O)c1ccccn1. The van der Waals surface area contributed by atoms with Crippen LogP contribution in [0.2, 0.25) is 0 Å². The Morgan fingerprint density at radius 1 is 1.17 bits per heavy atom. The van der Waals surface area contributed by atoms with Crippen LogP contribution in [0.25, 0.3) is 0 Å². The summed E-state index contributed by atoms with van der Waals surface area (Å²) in [6.45, 7) is 0. The lowest BCUT2D eigenvalue weighted by atomic mass is 9.76. The van der Waals surface area contributed by atoms with E-state index in [1.54, 1.807) is 23.1 Å². The van der Waals surface area contributed by atoms with E-state index in [-0.39, 0.29) is 24.4 Å². The molecule has 3 fully saturated rings. The summed E-state index contributed by atoms with van der Waals surface area (Å²) < 4.78 is 38.7. The fourth-order valence-corrected chi connectivity index (χ4v) is 4.53. The standard InChI is InChI=1S/C21H18F2N2O4/c22-13-7-12(8-14(23)9-13)17-4-5-18-25(17)20(27)21(29-18)10-15(11-21)28-19(26)16-3-1-2-6-24-16/h1-3,6-9,15,17-18H,4-5,10-11H2/t15?,17-,18+,21?/m0/s1. The number of aromatic nitrogens is 1. The van der Waals surface area contributed by atoms with Crippen molar-refractivity contribution in [2.45, 2.75) is 49.7 Å². The number of hydrogen-bond acceptors (Lipinski definition) is 5. The second-order valence-corrected chi connectivity index (χ2v) is 7.73. The Hall–Kier alpha value is -2.87. The highest BCUT2D eigenvalue weighted by atomic mass is 19.1. The zero-order valence-electron chi connectivity index (χ0n) is 15.4. The van der Waals surface area contributed by atoms with Gasteiger partial charge in [0.15, 0.2) is 5.60 Å². The topological polar surface area (TPSA) is 68.7 Å². The molecule has 0 radical (unpaired) electrons. The van der Waals surface area contributed by atoms with Gasteiger partial charge in [0.2, 0.25) is 0 Å². The largest absolute Gasteiger partial charge is 0.457 e. The van der Waals surface area contributed by atoms with E-state index in [9.17, 15) is 18.4 Å². The maximum absolute atomic E-state index is 13.6. The van der Waals surface area contributed by atoms with Crippen molar-refractivity contribution < 1.29 is 27.8 Å². The van der Waals surface area contributed by atoms with Crippen LogP contribution in [0.3, 0.4) is 0 Å². The maximum atomic E-state index is 13.6. The molecule has 1 aromatic heterocycles. The van der Waals surface area contributed by atoms with E-state index in [1.807, 2.05) is 0 Å². The quantitative estimate of drug-likeness (QED) is 0.741. The molecule has 3 heterocycles. The molecule has 2 saturated heterocycles. The number of rotatable bonds is 3. The summed E-state index contributed by atoms with van der Waals surface area (Å²) in [6, 6.07) is 7.86. The van der Waals surface area contributed by atoms with Crippen molar-refractivity contribution in [3.8, 4) is 0 Å². The number of carbonyl (C=O) groups is 2.